The molecule has 0 spiro atoms. The number of hydrogen-bond donors (Lipinski definition) is 0. The molecular formula is C18H21N4+. The predicted octanol–water partition coefficient (Wildman–Crippen LogP) is 2.32. The average molecular weight is 293 g/mol. The summed E-state index contributed by atoms with van der Waals surface area (Å²) < 4.78 is 0. The van der Waals surface area contributed by atoms with E-state index in [1.165, 1.54) is 5.69 Å². The van der Waals surface area contributed by atoms with Crippen molar-refractivity contribution >= 4 is 11.5 Å². The monoisotopic (exact) mass is 293 g/mol. The van der Waals surface area contributed by atoms with Gasteiger partial charge in [0.1, 0.15) is 24.7 Å². The van der Waals surface area contributed by atoms with E-state index < -0.39 is 0 Å². The fraction of sp³-hybridized carbons (Fsp3) is 0.333. The van der Waals surface area contributed by atoms with Crippen molar-refractivity contribution in [3.8, 4) is 6.07 Å². The highest BCUT2D eigenvalue weighted by atomic mass is 15.3. The maximum Gasteiger partial charge on any atom is 0.293 e. The van der Waals surface area contributed by atoms with Crippen molar-refractivity contribution in [3.05, 3.63) is 53.2 Å². The van der Waals surface area contributed by atoms with Gasteiger partial charge in [0.2, 0.25) is 0 Å². The molecule has 0 atom stereocenters. The normalized spacial score (nSPS) is 14.8. The highest BCUT2D eigenvalue weighted by Gasteiger charge is 2.27. The molecule has 22 heavy (non-hydrogen) atoms. The summed E-state index contributed by atoms with van der Waals surface area (Å²) in [5.41, 5.74) is 4.17. The smallest absolute Gasteiger partial charge is 0.293 e. The molecule has 0 radical (unpaired) electrons. The lowest BCUT2D eigenvalue weighted by atomic mass is 10.1. The van der Waals surface area contributed by atoms with Crippen LogP contribution in [0, 0.1) is 25.2 Å². The van der Waals surface area contributed by atoms with Gasteiger partial charge in [-0.15, -0.1) is 0 Å². The number of nitrogens with zero attached hydrogens (tertiary/aromatic N) is 3. The Balaban J connectivity index is 1.79. The summed E-state index contributed by atoms with van der Waals surface area (Å²) in [7, 11) is 0. The number of pyridine rings is 1. The SMILES string of the molecule is Cc1cc(C)c(C#N)c(N2CCN(c3ccccc3)CC2)[nH+]1. The van der Waals surface area contributed by atoms with Gasteiger partial charge < -0.3 is 4.90 Å². The number of nitriles is 1. The lowest BCUT2D eigenvalue weighted by Gasteiger charge is -2.32. The van der Waals surface area contributed by atoms with Gasteiger partial charge >= 0.3 is 0 Å². The molecular weight excluding hydrogens is 272 g/mol. The van der Waals surface area contributed by atoms with Gasteiger partial charge in [0.05, 0.1) is 18.8 Å². The second kappa shape index (κ2) is 6.07. The molecule has 4 heteroatoms. The molecule has 3 rings (SSSR count). The number of aromatic amines is 1. The van der Waals surface area contributed by atoms with Gasteiger partial charge in [0.25, 0.3) is 5.82 Å². The van der Waals surface area contributed by atoms with Crippen molar-refractivity contribution in [3.63, 3.8) is 0 Å². The van der Waals surface area contributed by atoms with Gasteiger partial charge in [-0.25, -0.2) is 4.98 Å². The van der Waals surface area contributed by atoms with Crippen LogP contribution in [0.15, 0.2) is 36.4 Å². The zero-order valence-electron chi connectivity index (χ0n) is 13.1. The summed E-state index contributed by atoms with van der Waals surface area (Å²) in [6.07, 6.45) is 0. The summed E-state index contributed by atoms with van der Waals surface area (Å²) in [5.74, 6) is 0.965. The molecule has 1 aromatic carbocycles. The summed E-state index contributed by atoms with van der Waals surface area (Å²) in [5, 5.41) is 9.44. The molecule has 1 fully saturated rings. The average Bonchev–Trinajstić information content (AvgIpc) is 2.55. The van der Waals surface area contributed by atoms with E-state index in [4.69, 9.17) is 0 Å². The van der Waals surface area contributed by atoms with Crippen molar-refractivity contribution in [2.75, 3.05) is 36.0 Å². The zero-order chi connectivity index (χ0) is 15.5. The van der Waals surface area contributed by atoms with Gasteiger partial charge in [-0.3, -0.25) is 4.90 Å². The number of para-hydroxylation sites is 1. The van der Waals surface area contributed by atoms with Gasteiger partial charge in [0.15, 0.2) is 0 Å². The van der Waals surface area contributed by atoms with Crippen LogP contribution in [0.25, 0.3) is 0 Å². The Labute approximate surface area is 131 Å². The van der Waals surface area contributed by atoms with Crippen molar-refractivity contribution < 1.29 is 4.98 Å². The van der Waals surface area contributed by atoms with Crippen LogP contribution < -0.4 is 14.8 Å². The highest BCUT2D eigenvalue weighted by molar-refractivity contribution is 5.56. The Bertz CT molecular complexity index is 695. The van der Waals surface area contributed by atoms with Crippen molar-refractivity contribution in [2.45, 2.75) is 13.8 Å². The molecule has 0 bridgehead atoms. The lowest BCUT2D eigenvalue weighted by molar-refractivity contribution is -0.374. The molecule has 1 aliphatic heterocycles. The third kappa shape index (κ3) is 2.75. The van der Waals surface area contributed by atoms with Crippen molar-refractivity contribution in [2.24, 2.45) is 0 Å². The second-order valence-corrected chi connectivity index (χ2v) is 5.78. The fourth-order valence-electron chi connectivity index (χ4n) is 3.07. The minimum Gasteiger partial charge on any atom is -0.364 e. The number of hydrogen-bond acceptors (Lipinski definition) is 3. The minimum absolute atomic E-state index is 0.763. The van der Waals surface area contributed by atoms with E-state index in [0.717, 1.165) is 48.8 Å². The summed E-state index contributed by atoms with van der Waals surface area (Å²) >= 11 is 0. The first kappa shape index (κ1) is 14.4. The van der Waals surface area contributed by atoms with Gasteiger partial charge in [0, 0.05) is 5.69 Å². The Kier molecular flexibility index (Phi) is 3.97. The molecule has 0 amide bonds. The van der Waals surface area contributed by atoms with Crippen molar-refractivity contribution in [1.82, 2.24) is 0 Å². The molecule has 2 aromatic rings. The van der Waals surface area contributed by atoms with Crippen LogP contribution in [0.3, 0.4) is 0 Å². The molecule has 2 heterocycles. The number of nitrogens with one attached hydrogen (secondary N) is 1. The molecule has 4 nitrogen and oxygen atoms in total. The number of benzene rings is 1. The molecule has 112 valence electrons. The molecule has 0 unspecified atom stereocenters. The van der Waals surface area contributed by atoms with Crippen molar-refractivity contribution in [1.29, 1.82) is 5.26 Å². The topological polar surface area (TPSA) is 44.4 Å². The molecule has 1 saturated heterocycles. The van der Waals surface area contributed by atoms with Crippen LogP contribution >= 0.6 is 0 Å². The Hall–Kier alpha value is -2.54. The van der Waals surface area contributed by atoms with E-state index in [1.807, 2.05) is 26.0 Å². The van der Waals surface area contributed by atoms with Crippen LogP contribution in [0.4, 0.5) is 11.5 Å². The summed E-state index contributed by atoms with van der Waals surface area (Å²) in [6, 6.07) is 14.9. The zero-order valence-corrected chi connectivity index (χ0v) is 13.1. The largest absolute Gasteiger partial charge is 0.364 e. The first-order valence-electron chi connectivity index (χ1n) is 7.67. The van der Waals surface area contributed by atoms with E-state index in [2.05, 4.69) is 45.1 Å². The van der Waals surface area contributed by atoms with E-state index in [-0.39, 0.29) is 0 Å². The third-order valence-corrected chi connectivity index (χ3v) is 4.21. The molecule has 0 aliphatic carbocycles. The van der Waals surface area contributed by atoms with Crippen LogP contribution in [0.2, 0.25) is 0 Å². The van der Waals surface area contributed by atoms with Gasteiger partial charge in [-0.1, -0.05) is 18.2 Å². The summed E-state index contributed by atoms with van der Waals surface area (Å²) in [6.45, 7) is 7.82. The first-order chi connectivity index (χ1) is 10.7. The lowest BCUT2D eigenvalue weighted by Crippen LogP contribution is -2.48. The molecule has 1 aliphatic rings. The van der Waals surface area contributed by atoms with Crippen LogP contribution in [0.5, 0.6) is 0 Å². The Morgan fingerprint density at radius 2 is 1.64 bits per heavy atom. The molecule has 1 N–H and O–H groups in total. The van der Waals surface area contributed by atoms with Crippen LogP contribution in [-0.4, -0.2) is 26.2 Å². The number of anilines is 2. The third-order valence-electron chi connectivity index (χ3n) is 4.21. The van der Waals surface area contributed by atoms with Gasteiger partial charge in [-0.05, 0) is 37.6 Å². The van der Waals surface area contributed by atoms with Crippen LogP contribution in [-0.2, 0) is 0 Å². The molecule has 1 aromatic heterocycles. The fourth-order valence-corrected chi connectivity index (χ4v) is 3.07. The first-order valence-corrected chi connectivity index (χ1v) is 7.67. The Morgan fingerprint density at radius 1 is 1.00 bits per heavy atom. The van der Waals surface area contributed by atoms with Gasteiger partial charge in [-0.2, -0.15) is 5.26 Å². The maximum atomic E-state index is 9.44. The van der Waals surface area contributed by atoms with E-state index in [0.29, 0.717) is 0 Å². The summed E-state index contributed by atoms with van der Waals surface area (Å²) in [4.78, 5) is 8.06. The van der Waals surface area contributed by atoms with E-state index >= 15 is 0 Å². The number of aryl methyl sites for hydroxylation is 2. The minimum atomic E-state index is 0.763. The highest BCUT2D eigenvalue weighted by Crippen LogP contribution is 2.22. The standard InChI is InChI=1S/C18H20N4/c1-14-12-15(2)20-18(17(14)13-19)22-10-8-21(9-11-22)16-6-4-3-5-7-16/h3-7,12H,8-11H2,1-2H3/p+1. The number of aromatic nitrogens is 1. The second-order valence-electron chi connectivity index (χ2n) is 5.78. The predicted molar refractivity (Wildman–Crippen MR) is 88.1 cm³/mol. The maximum absolute atomic E-state index is 9.44. The van der Waals surface area contributed by atoms with E-state index in [1.54, 1.807) is 0 Å². The Morgan fingerprint density at radius 3 is 2.27 bits per heavy atom. The number of rotatable bonds is 2. The van der Waals surface area contributed by atoms with E-state index in [9.17, 15) is 5.26 Å². The quantitative estimate of drug-likeness (QED) is 0.853. The van der Waals surface area contributed by atoms with Crippen LogP contribution in [0.1, 0.15) is 16.8 Å². The molecule has 0 saturated carbocycles. The number of piperazine rings is 1. The number of H-pyrrole nitrogens is 1.